The number of carbonyl (C=O) groups is 2. The molecule has 5 nitrogen and oxygen atoms in total. The van der Waals surface area contributed by atoms with Crippen LogP contribution in [0.1, 0.15) is 110 Å². The zero-order valence-electron chi connectivity index (χ0n) is 22.3. The van der Waals surface area contributed by atoms with Gasteiger partial charge in [0.1, 0.15) is 6.61 Å². The zero-order chi connectivity index (χ0) is 25.8. The summed E-state index contributed by atoms with van der Waals surface area (Å²) in [6.45, 7) is 3.86. The first-order valence-corrected chi connectivity index (χ1v) is 13.7. The molecule has 0 aromatic heterocycles. The molecule has 0 radical (unpaired) electrons. The van der Waals surface area contributed by atoms with Crippen molar-refractivity contribution in [3.8, 4) is 0 Å². The molecule has 1 atom stereocenters. The smallest absolute Gasteiger partial charge is 0.306 e. The summed E-state index contributed by atoms with van der Waals surface area (Å²) in [5.41, 5.74) is 0. The predicted molar refractivity (Wildman–Crippen MR) is 145 cm³/mol. The van der Waals surface area contributed by atoms with Crippen molar-refractivity contribution in [1.82, 2.24) is 0 Å². The van der Waals surface area contributed by atoms with Crippen LogP contribution in [-0.4, -0.2) is 36.4 Å². The van der Waals surface area contributed by atoms with Gasteiger partial charge in [0.05, 0.1) is 6.61 Å². The summed E-state index contributed by atoms with van der Waals surface area (Å²) < 4.78 is 10.4. The lowest BCUT2D eigenvalue weighted by Crippen LogP contribution is -2.28. The van der Waals surface area contributed by atoms with Crippen molar-refractivity contribution in [3.05, 3.63) is 48.6 Å². The van der Waals surface area contributed by atoms with Crippen molar-refractivity contribution >= 4 is 11.9 Å². The van der Waals surface area contributed by atoms with Crippen molar-refractivity contribution < 1.29 is 24.2 Å². The fourth-order valence-corrected chi connectivity index (χ4v) is 3.33. The SMILES string of the molecule is CC/C=C/C=C/C=C/CCCCCCCC(=O)OCC(CO)OC(=O)CC/C=C/CCCCCC. The highest BCUT2D eigenvalue weighted by Crippen LogP contribution is 2.09. The highest BCUT2D eigenvalue weighted by atomic mass is 16.6. The van der Waals surface area contributed by atoms with E-state index in [1.165, 1.54) is 25.7 Å². The Morgan fingerprint density at radius 3 is 2.03 bits per heavy atom. The molecule has 0 saturated carbocycles. The van der Waals surface area contributed by atoms with Gasteiger partial charge in [-0.05, 0) is 44.9 Å². The molecular weight excluding hydrogens is 440 g/mol. The van der Waals surface area contributed by atoms with Crippen molar-refractivity contribution in [2.75, 3.05) is 13.2 Å². The van der Waals surface area contributed by atoms with Gasteiger partial charge in [0.25, 0.3) is 0 Å². The van der Waals surface area contributed by atoms with Crippen LogP contribution in [0, 0.1) is 0 Å². The van der Waals surface area contributed by atoms with Gasteiger partial charge in [0.15, 0.2) is 6.10 Å². The number of allylic oxidation sites excluding steroid dienone is 8. The van der Waals surface area contributed by atoms with Crippen LogP contribution in [0.25, 0.3) is 0 Å². The van der Waals surface area contributed by atoms with Crippen LogP contribution in [0.5, 0.6) is 0 Å². The second-order valence-corrected chi connectivity index (χ2v) is 8.79. The number of esters is 2. The van der Waals surface area contributed by atoms with E-state index < -0.39 is 6.10 Å². The van der Waals surface area contributed by atoms with Crippen LogP contribution in [-0.2, 0) is 19.1 Å². The Balaban J connectivity index is 3.72. The van der Waals surface area contributed by atoms with Crippen molar-refractivity contribution in [3.63, 3.8) is 0 Å². The van der Waals surface area contributed by atoms with E-state index in [1.54, 1.807) is 0 Å². The Labute approximate surface area is 214 Å². The minimum absolute atomic E-state index is 0.0939. The summed E-state index contributed by atoms with van der Waals surface area (Å²) >= 11 is 0. The number of unbranched alkanes of at least 4 members (excludes halogenated alkanes) is 9. The lowest BCUT2D eigenvalue weighted by Gasteiger charge is -2.15. The Kier molecular flexibility index (Phi) is 24.8. The van der Waals surface area contributed by atoms with E-state index in [4.69, 9.17) is 9.47 Å². The van der Waals surface area contributed by atoms with E-state index in [0.29, 0.717) is 12.8 Å². The molecule has 0 saturated heterocycles. The Hall–Kier alpha value is -2.14. The van der Waals surface area contributed by atoms with Crippen LogP contribution in [0.3, 0.4) is 0 Å². The molecule has 0 rings (SSSR count). The molecule has 1 N–H and O–H groups in total. The van der Waals surface area contributed by atoms with Crippen LogP contribution >= 0.6 is 0 Å². The predicted octanol–water partition coefficient (Wildman–Crippen LogP) is 7.55. The largest absolute Gasteiger partial charge is 0.462 e. The van der Waals surface area contributed by atoms with Gasteiger partial charge in [-0.3, -0.25) is 9.59 Å². The molecule has 0 aromatic rings. The summed E-state index contributed by atoms with van der Waals surface area (Å²) in [5, 5.41) is 9.41. The Bertz CT molecular complexity index is 618. The van der Waals surface area contributed by atoms with Crippen molar-refractivity contribution in [1.29, 1.82) is 0 Å². The average Bonchev–Trinajstić information content (AvgIpc) is 2.86. The number of aliphatic hydroxyl groups excluding tert-OH is 1. The number of carbonyl (C=O) groups excluding carboxylic acids is 2. The molecule has 1 unspecified atom stereocenters. The maximum Gasteiger partial charge on any atom is 0.306 e. The highest BCUT2D eigenvalue weighted by molar-refractivity contribution is 5.70. The van der Waals surface area contributed by atoms with Gasteiger partial charge in [-0.25, -0.2) is 0 Å². The molecule has 0 heterocycles. The van der Waals surface area contributed by atoms with Crippen LogP contribution < -0.4 is 0 Å². The van der Waals surface area contributed by atoms with Gasteiger partial charge in [0.2, 0.25) is 0 Å². The standard InChI is InChI=1S/C30H50O5/c1-3-5-7-9-11-13-14-15-16-17-19-20-22-24-29(32)34-27-28(26-31)35-30(33)25-23-21-18-12-10-8-6-4-2/h5,7,9,11,13-14,18,21,28,31H,3-4,6,8,10,12,15-17,19-20,22-27H2,1-2H3/b7-5+,11-9+,14-13+,21-18+. The molecular formula is C30H50O5. The maximum absolute atomic E-state index is 11.9. The minimum atomic E-state index is -0.796. The van der Waals surface area contributed by atoms with E-state index in [0.717, 1.165) is 51.4 Å². The van der Waals surface area contributed by atoms with Gasteiger partial charge in [-0.15, -0.1) is 0 Å². The second kappa shape index (κ2) is 26.5. The van der Waals surface area contributed by atoms with E-state index in [2.05, 4.69) is 50.3 Å². The number of aliphatic hydroxyl groups is 1. The molecule has 0 aromatic carbocycles. The molecule has 200 valence electrons. The van der Waals surface area contributed by atoms with Gasteiger partial charge >= 0.3 is 11.9 Å². The van der Waals surface area contributed by atoms with Crippen LogP contribution in [0.15, 0.2) is 48.6 Å². The Morgan fingerprint density at radius 2 is 1.31 bits per heavy atom. The fraction of sp³-hybridized carbons (Fsp3) is 0.667. The summed E-state index contributed by atoms with van der Waals surface area (Å²) in [4.78, 5) is 23.8. The molecule has 0 spiro atoms. The highest BCUT2D eigenvalue weighted by Gasteiger charge is 2.15. The third kappa shape index (κ3) is 24.8. The molecule has 0 aliphatic carbocycles. The third-order valence-corrected chi connectivity index (χ3v) is 5.43. The lowest BCUT2D eigenvalue weighted by atomic mass is 10.1. The molecule has 0 aliphatic heterocycles. The first-order chi connectivity index (χ1) is 17.1. The number of hydrogen-bond donors (Lipinski definition) is 1. The lowest BCUT2D eigenvalue weighted by molar-refractivity contribution is -0.161. The monoisotopic (exact) mass is 490 g/mol. The van der Waals surface area contributed by atoms with Crippen LogP contribution in [0.4, 0.5) is 0 Å². The topological polar surface area (TPSA) is 72.8 Å². The summed E-state index contributed by atoms with van der Waals surface area (Å²) in [6, 6.07) is 0. The van der Waals surface area contributed by atoms with Gasteiger partial charge in [-0.2, -0.15) is 0 Å². The first-order valence-electron chi connectivity index (χ1n) is 13.7. The normalized spacial score (nSPS) is 12.9. The van der Waals surface area contributed by atoms with Gasteiger partial charge < -0.3 is 14.6 Å². The molecule has 35 heavy (non-hydrogen) atoms. The minimum Gasteiger partial charge on any atom is -0.462 e. The summed E-state index contributed by atoms with van der Waals surface area (Å²) in [7, 11) is 0. The maximum atomic E-state index is 11.9. The number of ether oxygens (including phenoxy) is 2. The summed E-state index contributed by atoms with van der Waals surface area (Å²) in [5.74, 6) is -0.688. The molecule has 0 amide bonds. The van der Waals surface area contributed by atoms with Crippen molar-refractivity contribution in [2.45, 2.75) is 116 Å². The fourth-order valence-electron chi connectivity index (χ4n) is 3.33. The van der Waals surface area contributed by atoms with E-state index in [-0.39, 0.29) is 31.6 Å². The van der Waals surface area contributed by atoms with Crippen LogP contribution in [0.2, 0.25) is 0 Å². The average molecular weight is 491 g/mol. The quantitative estimate of drug-likeness (QED) is 0.0693. The van der Waals surface area contributed by atoms with E-state index in [9.17, 15) is 14.7 Å². The van der Waals surface area contributed by atoms with E-state index in [1.807, 2.05) is 12.2 Å². The van der Waals surface area contributed by atoms with Gasteiger partial charge in [-0.1, -0.05) is 101 Å². The summed E-state index contributed by atoms with van der Waals surface area (Å²) in [6.07, 6.45) is 30.3. The number of hydrogen-bond acceptors (Lipinski definition) is 5. The molecule has 0 aliphatic rings. The molecule has 0 fully saturated rings. The Morgan fingerprint density at radius 1 is 0.686 bits per heavy atom. The third-order valence-electron chi connectivity index (χ3n) is 5.43. The second-order valence-electron chi connectivity index (χ2n) is 8.79. The molecule has 5 heteroatoms. The van der Waals surface area contributed by atoms with E-state index >= 15 is 0 Å². The zero-order valence-corrected chi connectivity index (χ0v) is 22.3. The molecule has 0 bridgehead atoms. The van der Waals surface area contributed by atoms with Gasteiger partial charge in [0, 0.05) is 12.8 Å². The first kappa shape index (κ1) is 32.9. The van der Waals surface area contributed by atoms with Crippen molar-refractivity contribution in [2.24, 2.45) is 0 Å². The number of rotatable bonds is 23.